The van der Waals surface area contributed by atoms with Crippen LogP contribution in [0.5, 0.6) is 0 Å². The molecular weight excluding hydrogens is 440 g/mol. The highest BCUT2D eigenvalue weighted by molar-refractivity contribution is 5.85. The lowest BCUT2D eigenvalue weighted by Gasteiger charge is -2.40. The number of carboxylic acid groups (broad SMARTS) is 1. The first kappa shape index (κ1) is 24.2. The number of nitriles is 2. The molecule has 0 saturated heterocycles. The molecule has 0 spiro atoms. The number of fused-ring (bicyclic) bond motifs is 1. The van der Waals surface area contributed by atoms with E-state index in [2.05, 4.69) is 33.6 Å². The van der Waals surface area contributed by atoms with Gasteiger partial charge in [0.05, 0.1) is 58.1 Å². The highest BCUT2D eigenvalue weighted by atomic mass is 16.4. The molecule has 2 heterocycles. The molecule has 8 heteroatoms. The third-order valence-electron chi connectivity index (χ3n) is 7.13. The molecule has 35 heavy (non-hydrogen) atoms. The Morgan fingerprint density at radius 3 is 2.74 bits per heavy atom. The largest absolute Gasteiger partial charge is 0.465 e. The Labute approximate surface area is 205 Å². The van der Waals surface area contributed by atoms with Crippen molar-refractivity contribution in [3.63, 3.8) is 0 Å². The Morgan fingerprint density at radius 2 is 2.09 bits per heavy atom. The van der Waals surface area contributed by atoms with Crippen LogP contribution < -0.4 is 4.90 Å². The zero-order chi connectivity index (χ0) is 25.2. The van der Waals surface area contributed by atoms with Crippen molar-refractivity contribution in [1.29, 1.82) is 10.5 Å². The molecule has 1 aliphatic rings. The number of imidazole rings is 1. The number of amides is 1. The van der Waals surface area contributed by atoms with Crippen LogP contribution in [0.25, 0.3) is 11.0 Å². The van der Waals surface area contributed by atoms with Crippen molar-refractivity contribution in [3.8, 4) is 12.1 Å². The smallest absolute Gasteiger partial charge is 0.411 e. The monoisotopic (exact) mass is 470 g/mol. The first-order valence-corrected chi connectivity index (χ1v) is 11.9. The van der Waals surface area contributed by atoms with Crippen molar-refractivity contribution in [2.75, 3.05) is 11.4 Å². The number of pyridine rings is 1. The Morgan fingerprint density at radius 1 is 1.29 bits per heavy atom. The van der Waals surface area contributed by atoms with Gasteiger partial charge in [-0.05, 0) is 74.8 Å². The van der Waals surface area contributed by atoms with Gasteiger partial charge in [-0.15, -0.1) is 0 Å². The average Bonchev–Trinajstić information content (AvgIpc) is 3.23. The second-order valence-corrected chi connectivity index (χ2v) is 10.5. The minimum atomic E-state index is -1.00. The third-order valence-corrected chi connectivity index (χ3v) is 7.13. The molecule has 2 aromatic heterocycles. The summed E-state index contributed by atoms with van der Waals surface area (Å²) in [6.07, 6.45) is 6.31. The molecule has 3 aromatic rings. The summed E-state index contributed by atoms with van der Waals surface area (Å²) in [4.78, 5) is 22.4. The van der Waals surface area contributed by atoms with Gasteiger partial charge in [-0.3, -0.25) is 9.88 Å². The van der Waals surface area contributed by atoms with E-state index in [4.69, 9.17) is 0 Å². The molecule has 1 N–H and O–H groups in total. The van der Waals surface area contributed by atoms with E-state index in [-0.39, 0.29) is 11.3 Å². The van der Waals surface area contributed by atoms with Crippen molar-refractivity contribution in [1.82, 2.24) is 14.5 Å². The molecule has 180 valence electrons. The summed E-state index contributed by atoms with van der Waals surface area (Å²) < 4.78 is 2.12. The summed E-state index contributed by atoms with van der Waals surface area (Å²) in [5.74, 6) is 0.213. The maximum atomic E-state index is 12.1. The Kier molecular flexibility index (Phi) is 6.49. The standard InChI is InChI=1S/C27H30N6O2/c1-26(2,16-29)24-9-7-21(14-30-24)33(25(34)35)15-20-5-4-10-27(3,12-20)17-32-18-31-22-8-6-19(13-28)11-23(22)32/h6-9,11,14,18,20H,4-5,10,12,15,17H2,1-3H3,(H,34,35). The SMILES string of the molecule is CC1(Cn2cnc3ccc(C#N)cc32)CCCC(CN(C(=O)O)c2ccc(C(C)(C)C#N)nc2)C1. The topological polar surface area (TPSA) is 119 Å². The minimum Gasteiger partial charge on any atom is -0.465 e. The first-order chi connectivity index (χ1) is 16.6. The number of hydrogen-bond donors (Lipinski definition) is 1. The number of hydrogen-bond acceptors (Lipinski definition) is 5. The van der Waals surface area contributed by atoms with Crippen LogP contribution in [0.15, 0.2) is 42.9 Å². The summed E-state index contributed by atoms with van der Waals surface area (Å²) in [5, 5.41) is 28.6. The van der Waals surface area contributed by atoms with E-state index in [0.717, 1.165) is 43.3 Å². The van der Waals surface area contributed by atoms with Gasteiger partial charge in [0.2, 0.25) is 0 Å². The molecule has 1 aliphatic carbocycles. The first-order valence-electron chi connectivity index (χ1n) is 11.9. The molecule has 4 rings (SSSR count). The zero-order valence-corrected chi connectivity index (χ0v) is 20.4. The molecule has 0 radical (unpaired) electrons. The summed E-state index contributed by atoms with van der Waals surface area (Å²) in [7, 11) is 0. The van der Waals surface area contributed by atoms with Crippen LogP contribution in [0.1, 0.15) is 57.7 Å². The highest BCUT2D eigenvalue weighted by Crippen LogP contribution is 2.41. The van der Waals surface area contributed by atoms with Crippen molar-refractivity contribution >= 4 is 22.8 Å². The Balaban J connectivity index is 1.50. The van der Waals surface area contributed by atoms with Crippen molar-refractivity contribution in [2.24, 2.45) is 11.3 Å². The van der Waals surface area contributed by atoms with Gasteiger partial charge in [0, 0.05) is 13.1 Å². The van der Waals surface area contributed by atoms with E-state index >= 15 is 0 Å². The molecule has 0 aliphatic heterocycles. The molecule has 0 bridgehead atoms. The van der Waals surface area contributed by atoms with Gasteiger partial charge in [-0.2, -0.15) is 10.5 Å². The maximum absolute atomic E-state index is 12.1. The number of anilines is 1. The van der Waals surface area contributed by atoms with Gasteiger partial charge < -0.3 is 9.67 Å². The normalized spacial score (nSPS) is 20.2. The molecule has 1 saturated carbocycles. The number of benzene rings is 1. The summed E-state index contributed by atoms with van der Waals surface area (Å²) in [6.45, 7) is 7.00. The molecule has 1 fully saturated rings. The summed E-state index contributed by atoms with van der Waals surface area (Å²) >= 11 is 0. The molecule has 2 unspecified atom stereocenters. The van der Waals surface area contributed by atoms with E-state index in [1.165, 1.54) is 4.90 Å². The van der Waals surface area contributed by atoms with E-state index in [1.807, 2.05) is 18.5 Å². The van der Waals surface area contributed by atoms with Crippen molar-refractivity contribution in [3.05, 3.63) is 54.1 Å². The summed E-state index contributed by atoms with van der Waals surface area (Å²) in [6, 6.07) is 13.4. The van der Waals surface area contributed by atoms with Crippen LogP contribution in [0.4, 0.5) is 10.5 Å². The van der Waals surface area contributed by atoms with Crippen LogP contribution in [0.2, 0.25) is 0 Å². The fourth-order valence-electron chi connectivity index (χ4n) is 5.21. The quantitative estimate of drug-likeness (QED) is 0.509. The van der Waals surface area contributed by atoms with Gasteiger partial charge in [0.1, 0.15) is 0 Å². The minimum absolute atomic E-state index is 0.0116. The van der Waals surface area contributed by atoms with Crippen molar-refractivity contribution < 1.29 is 9.90 Å². The lowest BCUT2D eigenvalue weighted by molar-refractivity contribution is 0.136. The van der Waals surface area contributed by atoms with Crippen LogP contribution >= 0.6 is 0 Å². The number of rotatable bonds is 6. The molecule has 1 aromatic carbocycles. The third kappa shape index (κ3) is 5.12. The summed E-state index contributed by atoms with van der Waals surface area (Å²) in [5.41, 5.74) is 2.82. The number of aromatic nitrogens is 3. The van der Waals surface area contributed by atoms with E-state index in [0.29, 0.717) is 23.5 Å². The van der Waals surface area contributed by atoms with Crippen LogP contribution in [0.3, 0.4) is 0 Å². The lowest BCUT2D eigenvalue weighted by atomic mass is 9.70. The second-order valence-electron chi connectivity index (χ2n) is 10.5. The number of nitrogens with zero attached hydrogens (tertiary/aromatic N) is 6. The van der Waals surface area contributed by atoms with Gasteiger partial charge in [0.15, 0.2) is 0 Å². The maximum Gasteiger partial charge on any atom is 0.411 e. The van der Waals surface area contributed by atoms with Crippen LogP contribution in [0, 0.1) is 34.0 Å². The molecule has 1 amide bonds. The molecular formula is C27H30N6O2. The van der Waals surface area contributed by atoms with Crippen molar-refractivity contribution in [2.45, 2.75) is 58.4 Å². The molecule has 2 atom stereocenters. The second kappa shape index (κ2) is 9.38. The van der Waals surface area contributed by atoms with Gasteiger partial charge in [0.25, 0.3) is 0 Å². The fraction of sp³-hybridized carbons (Fsp3) is 0.444. The van der Waals surface area contributed by atoms with E-state index in [1.54, 1.807) is 38.2 Å². The predicted octanol–water partition coefficient (Wildman–Crippen LogP) is 5.49. The lowest BCUT2D eigenvalue weighted by Crippen LogP contribution is -2.39. The predicted molar refractivity (Wildman–Crippen MR) is 133 cm³/mol. The van der Waals surface area contributed by atoms with E-state index in [9.17, 15) is 20.4 Å². The Bertz CT molecular complexity index is 1310. The van der Waals surface area contributed by atoms with Gasteiger partial charge >= 0.3 is 6.09 Å². The molecule has 8 nitrogen and oxygen atoms in total. The van der Waals surface area contributed by atoms with Gasteiger partial charge in [-0.1, -0.05) is 13.3 Å². The average molecular weight is 471 g/mol. The zero-order valence-electron chi connectivity index (χ0n) is 20.4. The number of carbonyl (C=O) groups is 1. The fourth-order valence-corrected chi connectivity index (χ4v) is 5.21. The Hall–Kier alpha value is -3.91. The van der Waals surface area contributed by atoms with E-state index < -0.39 is 11.5 Å². The van der Waals surface area contributed by atoms with Crippen LogP contribution in [-0.4, -0.2) is 32.3 Å². The van der Waals surface area contributed by atoms with Gasteiger partial charge in [-0.25, -0.2) is 9.78 Å². The highest BCUT2D eigenvalue weighted by Gasteiger charge is 2.35. The van der Waals surface area contributed by atoms with Crippen LogP contribution in [-0.2, 0) is 12.0 Å².